The Kier molecular flexibility index (Phi) is 32.9. The molecule has 1 saturated heterocycles. The number of carbonyl (C=O) groups is 2. The van der Waals surface area contributed by atoms with Crippen LogP contribution < -0.4 is 4.89 Å². The van der Waals surface area contributed by atoms with Gasteiger partial charge in [0.25, 0.3) is 7.82 Å². The third kappa shape index (κ3) is 36.7. The lowest BCUT2D eigenvalue weighted by atomic mass is 10.1. The van der Waals surface area contributed by atoms with Crippen LogP contribution in [-0.4, -0.2) is 82.2 Å². The maximum atomic E-state index is 12.8. The molecule has 1 aliphatic heterocycles. The lowest BCUT2D eigenvalue weighted by molar-refractivity contribution is -0.870. The highest BCUT2D eigenvalue weighted by Crippen LogP contribution is 2.38. The van der Waals surface area contributed by atoms with E-state index in [9.17, 15) is 19.0 Å². The molecule has 3 unspecified atom stereocenters. The van der Waals surface area contributed by atoms with Crippen molar-refractivity contribution in [2.75, 3.05) is 47.5 Å². The van der Waals surface area contributed by atoms with Gasteiger partial charge in [0.15, 0.2) is 6.10 Å². The van der Waals surface area contributed by atoms with Crippen LogP contribution in [0, 0.1) is 0 Å². The van der Waals surface area contributed by atoms with E-state index >= 15 is 0 Å². The number of allylic oxidation sites excluding steroid dienone is 13. The Morgan fingerprint density at radius 3 is 1.78 bits per heavy atom. The van der Waals surface area contributed by atoms with Gasteiger partial charge in [0.05, 0.1) is 40.0 Å². The van der Waals surface area contributed by atoms with Crippen molar-refractivity contribution < 1.29 is 46.8 Å². The number of phosphoric acid groups is 1. The van der Waals surface area contributed by atoms with Gasteiger partial charge >= 0.3 is 11.9 Å². The maximum absolute atomic E-state index is 12.8. The number of epoxide rings is 1. The van der Waals surface area contributed by atoms with Crippen LogP contribution in [0.25, 0.3) is 0 Å². The lowest BCUT2D eigenvalue weighted by Gasteiger charge is -2.28. The van der Waals surface area contributed by atoms with E-state index in [0.29, 0.717) is 30.3 Å². The number of unbranched alkanes of at least 4 members (excludes halogenated alkanes) is 7. The van der Waals surface area contributed by atoms with Gasteiger partial charge in [0, 0.05) is 12.8 Å². The molecular weight excluding hydrogens is 765 g/mol. The van der Waals surface area contributed by atoms with Gasteiger partial charge < -0.3 is 32.6 Å². The van der Waals surface area contributed by atoms with Gasteiger partial charge in [-0.1, -0.05) is 125 Å². The van der Waals surface area contributed by atoms with Crippen LogP contribution in [0.5, 0.6) is 0 Å². The van der Waals surface area contributed by atoms with Crippen LogP contribution in [0.4, 0.5) is 0 Å². The zero-order valence-electron chi connectivity index (χ0n) is 37.4. The summed E-state index contributed by atoms with van der Waals surface area (Å²) >= 11 is 0. The number of hydrogen-bond acceptors (Lipinski definition) is 9. The van der Waals surface area contributed by atoms with E-state index in [4.69, 9.17) is 23.3 Å². The van der Waals surface area contributed by atoms with E-state index in [1.807, 2.05) is 21.1 Å². The molecule has 0 N–H and O–H groups in total. The molecule has 0 aromatic rings. The Morgan fingerprint density at radius 2 is 1.19 bits per heavy atom. The first kappa shape index (κ1) is 54.2. The molecule has 336 valence electrons. The number of phosphoric ester groups is 1. The fourth-order valence-corrected chi connectivity index (χ4v) is 6.46. The van der Waals surface area contributed by atoms with E-state index in [1.54, 1.807) is 0 Å². The molecule has 0 amide bonds. The summed E-state index contributed by atoms with van der Waals surface area (Å²) in [5, 5.41) is 0. The van der Waals surface area contributed by atoms with Crippen LogP contribution in [0.2, 0.25) is 0 Å². The zero-order chi connectivity index (χ0) is 43.3. The Bertz CT molecular complexity index is 1340. The van der Waals surface area contributed by atoms with Crippen molar-refractivity contribution in [3.05, 3.63) is 85.1 Å². The second-order valence-electron chi connectivity index (χ2n) is 16.1. The standard InChI is InChI=1S/C48H80NO9P/c1-6-8-10-12-14-16-18-20-21-22-23-24-26-28-30-32-34-38-47(50)54-42-44(43-56-59(52,53)55-41-40-49(3,4)5)57-48(51)39-35-37-46-45(58-46)36-33-31-29-27-25-19-17-15-13-11-9-7-2/h8,10,14-17,20-21,23-25,27,31,33,44-46H,6-7,9,11-13,18-19,22,26,28-30,32,34-43H2,1-5H3/b10-8-,16-14-,17-15-,21-20-,24-23-,27-25-,33-31-/t44-,45?,46?/m1/s1. The van der Waals surface area contributed by atoms with Crippen molar-refractivity contribution in [1.29, 1.82) is 0 Å². The van der Waals surface area contributed by atoms with Crippen LogP contribution in [0.15, 0.2) is 85.1 Å². The summed E-state index contributed by atoms with van der Waals surface area (Å²) in [6, 6.07) is 0. The predicted octanol–water partition coefficient (Wildman–Crippen LogP) is 11.2. The molecule has 59 heavy (non-hydrogen) atoms. The fourth-order valence-electron chi connectivity index (χ4n) is 5.73. The monoisotopic (exact) mass is 846 g/mol. The maximum Gasteiger partial charge on any atom is 0.306 e. The van der Waals surface area contributed by atoms with Crippen molar-refractivity contribution in [1.82, 2.24) is 0 Å². The number of ether oxygens (including phenoxy) is 3. The second-order valence-corrected chi connectivity index (χ2v) is 17.5. The van der Waals surface area contributed by atoms with Gasteiger partial charge in [-0.25, -0.2) is 0 Å². The minimum Gasteiger partial charge on any atom is -0.756 e. The molecule has 0 aromatic carbocycles. The average molecular weight is 846 g/mol. The van der Waals surface area contributed by atoms with Gasteiger partial charge in [0.2, 0.25) is 0 Å². The van der Waals surface area contributed by atoms with Crippen LogP contribution >= 0.6 is 7.82 Å². The zero-order valence-corrected chi connectivity index (χ0v) is 38.2. The molecule has 0 aromatic heterocycles. The molecule has 0 radical (unpaired) electrons. The molecule has 1 aliphatic rings. The first-order valence-electron chi connectivity index (χ1n) is 22.4. The molecule has 11 heteroatoms. The Hall–Kier alpha value is -2.85. The molecule has 1 rings (SSSR count). The number of rotatable bonds is 38. The van der Waals surface area contributed by atoms with E-state index in [0.717, 1.165) is 77.0 Å². The van der Waals surface area contributed by atoms with Crippen LogP contribution in [-0.2, 0) is 37.4 Å². The van der Waals surface area contributed by atoms with E-state index < -0.39 is 32.5 Å². The number of esters is 2. The number of likely N-dealkylation sites (N-methyl/N-ethyl adjacent to an activating group) is 1. The molecule has 0 saturated carbocycles. The Morgan fingerprint density at radius 1 is 0.644 bits per heavy atom. The number of nitrogens with zero attached hydrogens (tertiary/aromatic N) is 1. The summed E-state index contributed by atoms with van der Waals surface area (Å²) in [5.74, 6) is -0.948. The van der Waals surface area contributed by atoms with Crippen molar-refractivity contribution in [2.24, 2.45) is 0 Å². The SMILES string of the molecule is CC/C=C\C/C=C\C/C=C\C/C=C\CCCCCCC(=O)OC[C@H](COP(=O)([O-])OCC[N+](C)(C)C)OC(=O)CCCC1OC1C/C=C\C/C=C\C/C=C\CCCCC. The smallest absolute Gasteiger partial charge is 0.306 e. The summed E-state index contributed by atoms with van der Waals surface area (Å²) in [4.78, 5) is 37.7. The number of quaternary nitrogens is 1. The molecule has 1 fully saturated rings. The molecule has 0 spiro atoms. The quantitative estimate of drug-likeness (QED) is 0.0149. The highest BCUT2D eigenvalue weighted by atomic mass is 31.2. The van der Waals surface area contributed by atoms with E-state index in [1.165, 1.54) is 19.3 Å². The summed E-state index contributed by atoms with van der Waals surface area (Å²) in [6.07, 6.45) is 47.7. The summed E-state index contributed by atoms with van der Waals surface area (Å²) in [5.41, 5.74) is 0. The van der Waals surface area contributed by atoms with Gasteiger partial charge in [0.1, 0.15) is 19.8 Å². The summed E-state index contributed by atoms with van der Waals surface area (Å²) in [6.45, 7) is 3.94. The first-order chi connectivity index (χ1) is 28.5. The molecule has 0 bridgehead atoms. The fraction of sp³-hybridized carbons (Fsp3) is 0.667. The van der Waals surface area contributed by atoms with Crippen molar-refractivity contribution in [3.63, 3.8) is 0 Å². The molecule has 4 atom stereocenters. The van der Waals surface area contributed by atoms with Crippen molar-refractivity contribution in [2.45, 2.75) is 161 Å². The van der Waals surface area contributed by atoms with Crippen LogP contribution in [0.1, 0.15) is 142 Å². The van der Waals surface area contributed by atoms with Gasteiger partial charge in [-0.05, 0) is 89.9 Å². The molecule has 0 aliphatic carbocycles. The van der Waals surface area contributed by atoms with Gasteiger partial charge in [-0.15, -0.1) is 0 Å². The van der Waals surface area contributed by atoms with Gasteiger partial charge in [-0.3, -0.25) is 14.2 Å². The van der Waals surface area contributed by atoms with Crippen molar-refractivity contribution >= 4 is 19.8 Å². The molecular formula is C48H80NO9P. The molecule has 10 nitrogen and oxygen atoms in total. The normalized spacial score (nSPS) is 17.8. The summed E-state index contributed by atoms with van der Waals surface area (Å²) in [7, 11) is 1.09. The Balaban J connectivity index is 2.36. The lowest BCUT2D eigenvalue weighted by Crippen LogP contribution is -2.37. The van der Waals surface area contributed by atoms with Crippen molar-refractivity contribution in [3.8, 4) is 0 Å². The predicted molar refractivity (Wildman–Crippen MR) is 240 cm³/mol. The van der Waals surface area contributed by atoms with E-state index in [2.05, 4.69) is 98.9 Å². The van der Waals surface area contributed by atoms with E-state index in [-0.39, 0.29) is 38.3 Å². The van der Waals surface area contributed by atoms with Crippen LogP contribution in [0.3, 0.4) is 0 Å². The van der Waals surface area contributed by atoms with Gasteiger partial charge in [-0.2, -0.15) is 0 Å². The average Bonchev–Trinajstić information content (AvgIpc) is 3.94. The highest BCUT2D eigenvalue weighted by molar-refractivity contribution is 7.45. The highest BCUT2D eigenvalue weighted by Gasteiger charge is 2.36. The number of carbonyl (C=O) groups excluding carboxylic acids is 2. The third-order valence-electron chi connectivity index (χ3n) is 9.32. The first-order valence-corrected chi connectivity index (χ1v) is 23.9. The topological polar surface area (TPSA) is 124 Å². The second kappa shape index (κ2) is 35.9. The third-order valence-corrected chi connectivity index (χ3v) is 10.3. The minimum atomic E-state index is -4.66. The largest absolute Gasteiger partial charge is 0.756 e. The minimum absolute atomic E-state index is 0.0542. The summed E-state index contributed by atoms with van der Waals surface area (Å²) < 4.78 is 39.7. The molecule has 1 heterocycles. The number of hydrogen-bond donors (Lipinski definition) is 0. The Labute approximate surface area is 358 Å².